The van der Waals surface area contributed by atoms with Crippen molar-refractivity contribution in [2.45, 2.75) is 80.9 Å². The molecule has 3 aromatic carbocycles. The molecule has 0 aliphatic carbocycles. The normalized spacial score (nSPS) is 14.3. The summed E-state index contributed by atoms with van der Waals surface area (Å²) in [4.78, 5) is 31.6. The Morgan fingerprint density at radius 1 is 0.810 bits per heavy atom. The highest BCUT2D eigenvalue weighted by Gasteiger charge is 2.41. The first-order valence-corrected chi connectivity index (χ1v) is 15.9. The van der Waals surface area contributed by atoms with Gasteiger partial charge in [0.15, 0.2) is 9.84 Å². The van der Waals surface area contributed by atoms with Gasteiger partial charge in [0.1, 0.15) is 0 Å². The molecule has 3 aromatic rings. The second-order valence-corrected chi connectivity index (χ2v) is 12.7. The molecule has 5 rings (SSSR count). The fraction of sp³-hybridized carbons (Fsp3) is 0.364. The maximum atomic E-state index is 13.8. The standard InChI is InChI=1S/C33H30N4O4S/c1-3-4-5-6-7-8-9-10-11-12-15-37-32(38)24-17-22(20-35)28-23-16-21(19-34)13-14-27(23)42(40,41)31-26(36-2)18-25(33(37)39)29(24)30(28)31/h13-14,16-18H,3-12,15H2,1H3. The summed E-state index contributed by atoms with van der Waals surface area (Å²) in [5.74, 6) is -1.16. The summed E-state index contributed by atoms with van der Waals surface area (Å²) in [6.07, 6.45) is 11.0. The summed E-state index contributed by atoms with van der Waals surface area (Å²) in [6, 6.07) is 10.8. The van der Waals surface area contributed by atoms with Gasteiger partial charge in [0.25, 0.3) is 11.8 Å². The SMILES string of the molecule is [C-]#[N+]c1cc2c3c(cc(C#N)c4c3c1S(=O)(=O)c1ccc(C#N)cc1-4)C(=O)N(CCCCCCCCCCCC)C2=O. The topological polar surface area (TPSA) is 123 Å². The van der Waals surface area contributed by atoms with E-state index in [2.05, 4.69) is 17.8 Å². The predicted octanol–water partition coefficient (Wildman–Crippen LogP) is 7.46. The molecule has 9 heteroatoms. The van der Waals surface area contributed by atoms with Crippen molar-refractivity contribution in [3.63, 3.8) is 0 Å². The monoisotopic (exact) mass is 578 g/mol. The van der Waals surface area contributed by atoms with Crippen molar-refractivity contribution in [1.29, 1.82) is 10.5 Å². The molecule has 2 aliphatic heterocycles. The number of rotatable bonds is 11. The molecule has 0 saturated heterocycles. The highest BCUT2D eigenvalue weighted by atomic mass is 32.2. The van der Waals surface area contributed by atoms with Crippen LogP contribution < -0.4 is 0 Å². The van der Waals surface area contributed by atoms with Crippen LogP contribution in [0.2, 0.25) is 0 Å². The van der Waals surface area contributed by atoms with Crippen LogP contribution in [0.3, 0.4) is 0 Å². The summed E-state index contributed by atoms with van der Waals surface area (Å²) < 4.78 is 27.7. The van der Waals surface area contributed by atoms with Gasteiger partial charge in [-0.2, -0.15) is 10.5 Å². The van der Waals surface area contributed by atoms with Crippen LogP contribution in [0.4, 0.5) is 5.69 Å². The van der Waals surface area contributed by atoms with E-state index in [0.717, 1.165) is 24.2 Å². The summed E-state index contributed by atoms with van der Waals surface area (Å²) in [6.45, 7) is 10.2. The van der Waals surface area contributed by atoms with E-state index in [9.17, 15) is 28.5 Å². The predicted molar refractivity (Wildman–Crippen MR) is 158 cm³/mol. The summed E-state index contributed by atoms with van der Waals surface area (Å²) >= 11 is 0. The molecule has 2 heterocycles. The minimum absolute atomic E-state index is 0.0235. The number of fused-ring (bicyclic) bond motifs is 2. The molecule has 2 aliphatic rings. The molecule has 8 nitrogen and oxygen atoms in total. The smallest absolute Gasteiger partial charge is 0.261 e. The third-order valence-corrected chi connectivity index (χ3v) is 10.1. The number of nitriles is 2. The van der Waals surface area contributed by atoms with Crippen LogP contribution in [0, 0.1) is 29.2 Å². The largest absolute Gasteiger partial charge is 0.274 e. The van der Waals surface area contributed by atoms with Crippen LogP contribution in [-0.2, 0) is 9.84 Å². The summed E-state index contributed by atoms with van der Waals surface area (Å²) in [7, 11) is -4.27. The van der Waals surface area contributed by atoms with E-state index in [1.54, 1.807) is 0 Å². The van der Waals surface area contributed by atoms with Crippen molar-refractivity contribution in [2.75, 3.05) is 6.54 Å². The zero-order valence-electron chi connectivity index (χ0n) is 23.5. The maximum Gasteiger partial charge on any atom is 0.261 e. The Morgan fingerprint density at radius 2 is 1.43 bits per heavy atom. The van der Waals surface area contributed by atoms with E-state index < -0.39 is 21.7 Å². The van der Waals surface area contributed by atoms with Gasteiger partial charge in [-0.1, -0.05) is 64.7 Å². The van der Waals surface area contributed by atoms with Gasteiger partial charge in [-0.05, 0) is 36.8 Å². The number of unbranched alkanes of at least 4 members (excludes halogenated alkanes) is 9. The second kappa shape index (κ2) is 11.8. The number of nitrogens with zero attached hydrogens (tertiary/aromatic N) is 4. The molecule has 42 heavy (non-hydrogen) atoms. The molecular formula is C33H30N4O4S. The number of carbonyl (C=O) groups excluding carboxylic acids is 2. The maximum absolute atomic E-state index is 13.8. The molecule has 212 valence electrons. The van der Waals surface area contributed by atoms with E-state index in [1.165, 1.54) is 68.9 Å². The highest BCUT2D eigenvalue weighted by Crippen LogP contribution is 2.52. The van der Waals surface area contributed by atoms with Gasteiger partial charge < -0.3 is 0 Å². The lowest BCUT2D eigenvalue weighted by molar-refractivity contribution is 0.0607. The molecule has 0 fully saturated rings. The highest BCUT2D eigenvalue weighted by molar-refractivity contribution is 7.92. The van der Waals surface area contributed by atoms with Gasteiger partial charge in [-0.15, -0.1) is 0 Å². The molecule has 0 saturated carbocycles. The number of sulfone groups is 1. The average molecular weight is 579 g/mol. The third-order valence-electron chi connectivity index (χ3n) is 8.20. The van der Waals surface area contributed by atoms with Crippen LogP contribution in [0.5, 0.6) is 0 Å². The lowest BCUT2D eigenvalue weighted by Gasteiger charge is -2.31. The number of hydrogen-bond acceptors (Lipinski definition) is 6. The van der Waals surface area contributed by atoms with Crippen molar-refractivity contribution in [2.24, 2.45) is 0 Å². The van der Waals surface area contributed by atoms with Crippen molar-refractivity contribution >= 4 is 38.1 Å². The van der Waals surface area contributed by atoms with Gasteiger partial charge in [-0.3, -0.25) is 14.5 Å². The van der Waals surface area contributed by atoms with Crippen molar-refractivity contribution in [3.8, 4) is 23.3 Å². The van der Waals surface area contributed by atoms with Crippen molar-refractivity contribution < 1.29 is 18.0 Å². The fourth-order valence-electron chi connectivity index (χ4n) is 6.14. The Kier molecular flexibility index (Phi) is 8.12. The van der Waals surface area contributed by atoms with Gasteiger partial charge in [-0.25, -0.2) is 13.3 Å². The minimum Gasteiger partial charge on any atom is -0.274 e. The van der Waals surface area contributed by atoms with Gasteiger partial charge in [0.2, 0.25) is 5.69 Å². The Labute approximate surface area is 245 Å². The fourth-order valence-corrected chi connectivity index (χ4v) is 7.91. The number of carbonyl (C=O) groups is 2. The first kappa shape index (κ1) is 29.0. The molecule has 0 unspecified atom stereocenters. The molecule has 0 aromatic heterocycles. The van der Waals surface area contributed by atoms with Crippen LogP contribution in [-0.4, -0.2) is 31.7 Å². The first-order valence-electron chi connectivity index (χ1n) is 14.4. The number of imide groups is 1. The molecule has 0 N–H and O–H groups in total. The molecular weight excluding hydrogens is 548 g/mol. The van der Waals surface area contributed by atoms with E-state index in [4.69, 9.17) is 6.57 Å². The van der Waals surface area contributed by atoms with Crippen LogP contribution in [0.25, 0.3) is 26.7 Å². The number of hydrogen-bond donors (Lipinski definition) is 0. The molecule has 0 radical (unpaired) electrons. The van der Waals surface area contributed by atoms with E-state index >= 15 is 0 Å². The van der Waals surface area contributed by atoms with E-state index in [1.807, 2.05) is 6.07 Å². The minimum atomic E-state index is -4.27. The van der Waals surface area contributed by atoms with Crippen LogP contribution in [0.15, 0.2) is 40.1 Å². The summed E-state index contributed by atoms with van der Waals surface area (Å²) in [5.41, 5.74) is 0.490. The number of amides is 2. The lowest BCUT2D eigenvalue weighted by atomic mass is 9.85. The zero-order chi connectivity index (χ0) is 30.0. The molecule has 0 bridgehead atoms. The van der Waals surface area contributed by atoms with Crippen LogP contribution >= 0.6 is 0 Å². The van der Waals surface area contributed by atoms with Gasteiger partial charge in [0.05, 0.1) is 39.6 Å². The Balaban J connectivity index is 1.52. The first-order chi connectivity index (χ1) is 20.3. The van der Waals surface area contributed by atoms with Crippen LogP contribution in [0.1, 0.15) is 103 Å². The molecule has 0 atom stereocenters. The van der Waals surface area contributed by atoms with Gasteiger partial charge in [0, 0.05) is 39.6 Å². The Bertz CT molecular complexity index is 1850. The number of benzene rings is 3. The second-order valence-electron chi connectivity index (χ2n) is 10.9. The van der Waals surface area contributed by atoms with Crippen molar-refractivity contribution in [3.05, 3.63) is 64.0 Å². The average Bonchev–Trinajstić information content (AvgIpc) is 3.00. The lowest BCUT2D eigenvalue weighted by Crippen LogP contribution is -2.41. The van der Waals surface area contributed by atoms with E-state index in [0.29, 0.717) is 6.42 Å². The Hall–Kier alpha value is -4.52. The summed E-state index contributed by atoms with van der Waals surface area (Å²) in [5, 5.41) is 19.8. The van der Waals surface area contributed by atoms with Crippen molar-refractivity contribution in [1.82, 2.24) is 4.90 Å². The Morgan fingerprint density at radius 3 is 2.02 bits per heavy atom. The van der Waals surface area contributed by atoms with E-state index in [-0.39, 0.29) is 66.2 Å². The quantitative estimate of drug-likeness (QED) is 0.103. The molecule has 0 spiro atoms. The third kappa shape index (κ3) is 4.73. The molecule has 2 amide bonds. The zero-order valence-corrected chi connectivity index (χ0v) is 24.3. The van der Waals surface area contributed by atoms with Gasteiger partial charge >= 0.3 is 0 Å².